The molecule has 0 heterocycles. The maximum Gasteiger partial charge on any atom is 0.323 e. The van der Waals surface area contributed by atoms with Gasteiger partial charge in [-0.2, -0.15) is 0 Å². The van der Waals surface area contributed by atoms with Gasteiger partial charge in [0.25, 0.3) is 0 Å². The highest BCUT2D eigenvalue weighted by Crippen LogP contribution is 2.17. The number of nitrogens with one attached hydrogen (secondary N) is 1. The van der Waals surface area contributed by atoms with E-state index in [4.69, 9.17) is 9.84 Å². The van der Waals surface area contributed by atoms with Crippen LogP contribution in [0, 0.1) is 0 Å². The third-order valence-corrected chi connectivity index (χ3v) is 3.17. The minimum absolute atomic E-state index is 0.242. The van der Waals surface area contributed by atoms with Crippen LogP contribution in [0.5, 0.6) is 0 Å². The summed E-state index contributed by atoms with van der Waals surface area (Å²) < 4.78 is 4.92. The van der Waals surface area contributed by atoms with Gasteiger partial charge in [-0.1, -0.05) is 32.1 Å². The highest BCUT2D eigenvalue weighted by molar-refractivity contribution is 5.73. The van der Waals surface area contributed by atoms with Crippen LogP contribution in [0.25, 0.3) is 0 Å². The molecule has 94 valence electrons. The van der Waals surface area contributed by atoms with Gasteiger partial charge in [0.1, 0.15) is 6.04 Å². The zero-order valence-electron chi connectivity index (χ0n) is 10.1. The summed E-state index contributed by atoms with van der Waals surface area (Å²) in [6.07, 6.45) is 8.47. The van der Waals surface area contributed by atoms with Crippen molar-refractivity contribution in [2.45, 2.75) is 57.0 Å². The van der Waals surface area contributed by atoms with Crippen molar-refractivity contribution in [1.82, 2.24) is 5.32 Å². The molecule has 1 saturated carbocycles. The van der Waals surface area contributed by atoms with Crippen molar-refractivity contribution in [3.63, 3.8) is 0 Å². The molecule has 1 aliphatic carbocycles. The number of hydrogen-bond donors (Lipinski definition) is 2. The smallest absolute Gasteiger partial charge is 0.323 e. The standard InChI is InChI=1S/C12H23NO3/c1-16-9-11(12(14)15)13-10-7-5-3-2-4-6-8-10/h10-11,13H,2-9H2,1H3,(H,14,15). The fourth-order valence-electron chi connectivity index (χ4n) is 2.26. The van der Waals surface area contributed by atoms with Gasteiger partial charge in [-0.05, 0) is 12.8 Å². The molecule has 16 heavy (non-hydrogen) atoms. The number of carbonyl (C=O) groups is 1. The molecule has 0 bridgehead atoms. The van der Waals surface area contributed by atoms with Gasteiger partial charge in [-0.3, -0.25) is 10.1 Å². The van der Waals surface area contributed by atoms with Crippen LogP contribution in [0.1, 0.15) is 44.9 Å². The van der Waals surface area contributed by atoms with Crippen LogP contribution >= 0.6 is 0 Å². The van der Waals surface area contributed by atoms with Gasteiger partial charge in [-0.25, -0.2) is 0 Å². The van der Waals surface area contributed by atoms with E-state index >= 15 is 0 Å². The van der Waals surface area contributed by atoms with Crippen molar-refractivity contribution in [2.24, 2.45) is 0 Å². The van der Waals surface area contributed by atoms with E-state index in [0.29, 0.717) is 6.04 Å². The molecule has 0 amide bonds. The quantitative estimate of drug-likeness (QED) is 0.754. The number of rotatable bonds is 5. The topological polar surface area (TPSA) is 58.6 Å². The van der Waals surface area contributed by atoms with E-state index in [-0.39, 0.29) is 6.61 Å². The molecule has 1 rings (SSSR count). The molecule has 4 heteroatoms. The highest BCUT2D eigenvalue weighted by Gasteiger charge is 2.21. The van der Waals surface area contributed by atoms with Crippen molar-refractivity contribution in [2.75, 3.05) is 13.7 Å². The molecule has 1 unspecified atom stereocenters. The number of carboxylic acid groups (broad SMARTS) is 1. The SMILES string of the molecule is COCC(NC1CCCCCCC1)C(=O)O. The first kappa shape index (κ1) is 13.5. The second-order valence-electron chi connectivity index (χ2n) is 4.55. The van der Waals surface area contributed by atoms with Crippen molar-refractivity contribution < 1.29 is 14.6 Å². The van der Waals surface area contributed by atoms with E-state index in [9.17, 15) is 4.79 Å². The summed E-state index contributed by atoms with van der Waals surface area (Å²) in [4.78, 5) is 11.0. The molecule has 0 saturated heterocycles. The predicted molar refractivity (Wildman–Crippen MR) is 62.5 cm³/mol. The maximum absolute atomic E-state index is 11.0. The second kappa shape index (κ2) is 7.63. The Balaban J connectivity index is 2.38. The van der Waals surface area contributed by atoms with E-state index in [2.05, 4.69) is 5.32 Å². The van der Waals surface area contributed by atoms with Gasteiger partial charge in [-0.15, -0.1) is 0 Å². The van der Waals surface area contributed by atoms with E-state index in [0.717, 1.165) is 12.8 Å². The van der Waals surface area contributed by atoms with E-state index in [1.54, 1.807) is 0 Å². The average molecular weight is 229 g/mol. The molecule has 0 aromatic carbocycles. The predicted octanol–water partition coefficient (Wildman–Crippen LogP) is 1.79. The zero-order valence-corrected chi connectivity index (χ0v) is 10.1. The van der Waals surface area contributed by atoms with Crippen molar-refractivity contribution in [3.05, 3.63) is 0 Å². The summed E-state index contributed by atoms with van der Waals surface area (Å²) in [5.41, 5.74) is 0. The third kappa shape index (κ3) is 4.94. The molecule has 0 spiro atoms. The minimum Gasteiger partial charge on any atom is -0.480 e. The Labute approximate surface area is 97.4 Å². The largest absolute Gasteiger partial charge is 0.480 e. The molecule has 4 nitrogen and oxygen atoms in total. The fraction of sp³-hybridized carbons (Fsp3) is 0.917. The molecule has 0 aromatic heterocycles. The highest BCUT2D eigenvalue weighted by atomic mass is 16.5. The summed E-state index contributed by atoms with van der Waals surface area (Å²) in [6.45, 7) is 0.242. The Bertz CT molecular complexity index is 200. The summed E-state index contributed by atoms with van der Waals surface area (Å²) in [5, 5.41) is 12.2. The second-order valence-corrected chi connectivity index (χ2v) is 4.55. The van der Waals surface area contributed by atoms with Crippen molar-refractivity contribution in [3.8, 4) is 0 Å². The lowest BCUT2D eigenvalue weighted by Crippen LogP contribution is -2.46. The lowest BCUT2D eigenvalue weighted by atomic mass is 9.96. The number of aliphatic carboxylic acids is 1. The molecular weight excluding hydrogens is 206 g/mol. The molecule has 1 atom stereocenters. The third-order valence-electron chi connectivity index (χ3n) is 3.17. The van der Waals surface area contributed by atoms with Crippen molar-refractivity contribution in [1.29, 1.82) is 0 Å². The summed E-state index contributed by atoms with van der Waals surface area (Å²) in [7, 11) is 1.54. The Kier molecular flexibility index (Phi) is 6.42. The van der Waals surface area contributed by atoms with Gasteiger partial charge in [0, 0.05) is 13.2 Å². The molecule has 1 aliphatic rings. The zero-order chi connectivity index (χ0) is 11.8. The molecular formula is C12H23NO3. The van der Waals surface area contributed by atoms with Crippen LogP contribution in [-0.4, -0.2) is 36.9 Å². The monoisotopic (exact) mass is 229 g/mol. The van der Waals surface area contributed by atoms with Crippen LogP contribution < -0.4 is 5.32 Å². The first-order chi connectivity index (χ1) is 7.74. The van der Waals surface area contributed by atoms with Crippen LogP contribution in [0.15, 0.2) is 0 Å². The van der Waals surface area contributed by atoms with Gasteiger partial charge >= 0.3 is 5.97 Å². The number of methoxy groups -OCH3 is 1. The van der Waals surface area contributed by atoms with E-state index < -0.39 is 12.0 Å². The van der Waals surface area contributed by atoms with Crippen LogP contribution in [0.3, 0.4) is 0 Å². The molecule has 0 radical (unpaired) electrons. The minimum atomic E-state index is -0.816. The molecule has 2 N–H and O–H groups in total. The summed E-state index contributed by atoms with van der Waals surface area (Å²) in [6, 6.07) is -0.217. The van der Waals surface area contributed by atoms with Crippen LogP contribution in [0.4, 0.5) is 0 Å². The van der Waals surface area contributed by atoms with Crippen molar-refractivity contribution >= 4 is 5.97 Å². The van der Waals surface area contributed by atoms with Gasteiger partial charge < -0.3 is 9.84 Å². The summed E-state index contributed by atoms with van der Waals surface area (Å²) in [5.74, 6) is -0.816. The fourth-order valence-corrected chi connectivity index (χ4v) is 2.26. The normalized spacial score (nSPS) is 21.1. The molecule has 1 fully saturated rings. The van der Waals surface area contributed by atoms with E-state index in [1.807, 2.05) is 0 Å². The number of carboxylic acids is 1. The average Bonchev–Trinajstić information content (AvgIpc) is 2.20. The lowest BCUT2D eigenvalue weighted by Gasteiger charge is -2.24. The van der Waals surface area contributed by atoms with Crippen LogP contribution in [0.2, 0.25) is 0 Å². The molecule has 0 aliphatic heterocycles. The van der Waals surface area contributed by atoms with Crippen LogP contribution in [-0.2, 0) is 9.53 Å². The van der Waals surface area contributed by atoms with Gasteiger partial charge in [0.15, 0.2) is 0 Å². The Morgan fingerprint density at radius 1 is 1.31 bits per heavy atom. The number of hydrogen-bond acceptors (Lipinski definition) is 3. The lowest BCUT2D eigenvalue weighted by molar-refractivity contribution is -0.141. The van der Waals surface area contributed by atoms with Gasteiger partial charge in [0.05, 0.1) is 6.61 Å². The Morgan fingerprint density at radius 2 is 1.88 bits per heavy atom. The summed E-state index contributed by atoms with van der Waals surface area (Å²) >= 11 is 0. The number of ether oxygens (including phenoxy) is 1. The van der Waals surface area contributed by atoms with E-state index in [1.165, 1.54) is 39.2 Å². The Hall–Kier alpha value is -0.610. The first-order valence-corrected chi connectivity index (χ1v) is 6.22. The van der Waals surface area contributed by atoms with Gasteiger partial charge in [0.2, 0.25) is 0 Å². The molecule has 0 aromatic rings. The Morgan fingerprint density at radius 3 is 2.38 bits per heavy atom. The maximum atomic E-state index is 11.0. The first-order valence-electron chi connectivity index (χ1n) is 6.22.